The number of hydrogen-bond donors (Lipinski definition) is 0. The molecule has 4 rings (SSSR count). The summed E-state index contributed by atoms with van der Waals surface area (Å²) >= 11 is 2.82. The number of thioether (sulfide) groups is 1. The predicted octanol–water partition coefficient (Wildman–Crippen LogP) is 4.38. The number of amides is 1. The Hall–Kier alpha value is -1.93. The number of nitrogens with zero attached hydrogens (tertiary/aromatic N) is 4. The Kier molecular flexibility index (Phi) is 4.72. The van der Waals surface area contributed by atoms with Crippen LogP contribution in [0.15, 0.2) is 32.7 Å². The van der Waals surface area contributed by atoms with Crippen LogP contribution in [0, 0.1) is 6.92 Å². The molecule has 0 unspecified atom stereocenters. The Labute approximate surface area is 154 Å². The van der Waals surface area contributed by atoms with Crippen molar-refractivity contribution in [2.45, 2.75) is 45.1 Å². The minimum atomic E-state index is 0.00767. The molecule has 0 bridgehead atoms. The van der Waals surface area contributed by atoms with E-state index < -0.39 is 0 Å². The van der Waals surface area contributed by atoms with Crippen LogP contribution in [0.2, 0.25) is 0 Å². The molecule has 1 aliphatic heterocycles. The minimum absolute atomic E-state index is 0.00767. The largest absolute Gasteiger partial charge is 0.465 e. The number of carbonyl (C=O) groups is 1. The first-order chi connectivity index (χ1) is 12.2. The summed E-state index contributed by atoms with van der Waals surface area (Å²) in [7, 11) is 0. The number of furan rings is 1. The highest BCUT2D eigenvalue weighted by Crippen LogP contribution is 2.38. The summed E-state index contributed by atoms with van der Waals surface area (Å²) < 4.78 is 5.36. The highest BCUT2D eigenvalue weighted by Gasteiger charge is 2.39. The first-order valence-electron chi connectivity index (χ1n) is 8.36. The summed E-state index contributed by atoms with van der Waals surface area (Å²) in [4.78, 5) is 20.1. The van der Waals surface area contributed by atoms with Gasteiger partial charge in [-0.25, -0.2) is 0 Å². The molecule has 1 amide bonds. The minimum Gasteiger partial charge on any atom is -0.465 e. The van der Waals surface area contributed by atoms with Crippen LogP contribution < -0.4 is 0 Å². The van der Waals surface area contributed by atoms with Crippen LogP contribution in [0.4, 0.5) is 5.13 Å². The molecule has 25 heavy (non-hydrogen) atoms. The van der Waals surface area contributed by atoms with Gasteiger partial charge in [-0.1, -0.05) is 30.6 Å². The van der Waals surface area contributed by atoms with Gasteiger partial charge in [0.25, 0.3) is 5.91 Å². The second-order valence-electron chi connectivity index (χ2n) is 6.09. The first-order valence-corrected chi connectivity index (χ1v) is 9.99. The molecular formula is C17H18N4O2S2. The third kappa shape index (κ3) is 3.55. The van der Waals surface area contributed by atoms with Gasteiger partial charge in [-0.3, -0.25) is 9.69 Å². The lowest BCUT2D eigenvalue weighted by Gasteiger charge is -2.30. The van der Waals surface area contributed by atoms with Crippen molar-refractivity contribution in [1.29, 1.82) is 0 Å². The van der Waals surface area contributed by atoms with E-state index in [-0.39, 0.29) is 11.9 Å². The van der Waals surface area contributed by atoms with Gasteiger partial charge in [0, 0.05) is 12.1 Å². The lowest BCUT2D eigenvalue weighted by Crippen LogP contribution is -2.40. The average molecular weight is 374 g/mol. The van der Waals surface area contributed by atoms with E-state index in [1.54, 1.807) is 12.3 Å². The van der Waals surface area contributed by atoms with E-state index in [4.69, 9.17) is 4.42 Å². The second kappa shape index (κ2) is 7.13. The van der Waals surface area contributed by atoms with Crippen LogP contribution in [0.25, 0.3) is 6.08 Å². The van der Waals surface area contributed by atoms with Crippen molar-refractivity contribution in [1.82, 2.24) is 15.1 Å². The maximum atomic E-state index is 13.0. The number of amidine groups is 1. The molecule has 2 aromatic heterocycles. The molecule has 8 heteroatoms. The molecule has 1 saturated carbocycles. The Morgan fingerprint density at radius 2 is 2.16 bits per heavy atom. The Morgan fingerprint density at radius 3 is 2.84 bits per heavy atom. The summed E-state index contributed by atoms with van der Waals surface area (Å²) in [5.74, 6) is 0.681. The van der Waals surface area contributed by atoms with Gasteiger partial charge in [-0.05, 0) is 43.7 Å². The fourth-order valence-electron chi connectivity index (χ4n) is 3.14. The third-order valence-corrected chi connectivity index (χ3v) is 6.02. The molecule has 6 nitrogen and oxygen atoms in total. The smallest absolute Gasteiger partial charge is 0.267 e. The molecule has 0 radical (unpaired) electrons. The molecule has 1 saturated heterocycles. The van der Waals surface area contributed by atoms with Crippen LogP contribution in [0.1, 0.15) is 42.9 Å². The quantitative estimate of drug-likeness (QED) is 0.746. The molecule has 2 fully saturated rings. The van der Waals surface area contributed by atoms with Crippen molar-refractivity contribution in [3.63, 3.8) is 0 Å². The van der Waals surface area contributed by atoms with E-state index in [2.05, 4.69) is 15.2 Å². The van der Waals surface area contributed by atoms with Crippen LogP contribution in [0.5, 0.6) is 0 Å². The average Bonchev–Trinajstić information content (AvgIpc) is 3.32. The summed E-state index contributed by atoms with van der Waals surface area (Å²) in [6, 6.07) is 3.87. The molecular weight excluding hydrogens is 356 g/mol. The molecule has 0 aromatic carbocycles. The maximum Gasteiger partial charge on any atom is 0.267 e. The molecule has 2 aromatic rings. The highest BCUT2D eigenvalue weighted by atomic mass is 32.2. The van der Waals surface area contributed by atoms with E-state index in [9.17, 15) is 4.79 Å². The third-order valence-electron chi connectivity index (χ3n) is 4.30. The number of aryl methyl sites for hydroxylation is 1. The van der Waals surface area contributed by atoms with Crippen molar-refractivity contribution in [3.05, 3.63) is 34.1 Å². The second-order valence-corrected chi connectivity index (χ2v) is 8.26. The molecule has 3 heterocycles. The molecule has 1 aliphatic carbocycles. The van der Waals surface area contributed by atoms with Gasteiger partial charge in [0.05, 0.1) is 11.2 Å². The van der Waals surface area contributed by atoms with Crippen molar-refractivity contribution in [2.24, 2.45) is 4.99 Å². The topological polar surface area (TPSA) is 71.6 Å². The summed E-state index contributed by atoms with van der Waals surface area (Å²) in [5.41, 5.74) is 0. The van der Waals surface area contributed by atoms with E-state index in [0.717, 1.165) is 30.7 Å². The molecule has 0 spiro atoms. The standard InChI is InChI=1S/C17H18N4O2S2/c1-11-19-20-16(24-11)18-17-21(12-6-3-2-4-7-12)15(22)14(25-17)10-13-8-5-9-23-13/h5,8-10,12H,2-4,6-7H2,1H3/b14-10+,18-17+. The van der Waals surface area contributed by atoms with Crippen LogP contribution in [-0.4, -0.2) is 32.2 Å². The number of hydrogen-bond acceptors (Lipinski definition) is 7. The first kappa shape index (κ1) is 16.5. The monoisotopic (exact) mass is 374 g/mol. The van der Waals surface area contributed by atoms with E-state index >= 15 is 0 Å². The fraction of sp³-hybridized carbons (Fsp3) is 0.412. The highest BCUT2D eigenvalue weighted by molar-refractivity contribution is 8.18. The van der Waals surface area contributed by atoms with Gasteiger partial charge in [0.1, 0.15) is 10.8 Å². The van der Waals surface area contributed by atoms with Crippen molar-refractivity contribution >= 4 is 45.4 Å². The molecule has 130 valence electrons. The summed E-state index contributed by atoms with van der Waals surface area (Å²) in [5, 5.41) is 10.2. The zero-order valence-corrected chi connectivity index (χ0v) is 15.5. The van der Waals surface area contributed by atoms with Gasteiger partial charge in [0.15, 0.2) is 5.17 Å². The van der Waals surface area contributed by atoms with Gasteiger partial charge in [0.2, 0.25) is 5.13 Å². The molecule has 0 N–H and O–H groups in total. The lowest BCUT2D eigenvalue weighted by molar-refractivity contribution is -0.124. The summed E-state index contributed by atoms with van der Waals surface area (Å²) in [6.07, 6.45) is 8.99. The van der Waals surface area contributed by atoms with E-state index in [0.29, 0.717) is 21.0 Å². The van der Waals surface area contributed by atoms with Crippen LogP contribution in [0.3, 0.4) is 0 Å². The maximum absolute atomic E-state index is 13.0. The SMILES string of the molecule is Cc1nnc(/N=C2/S/C(=C/c3ccco3)C(=O)N2C2CCCCC2)s1. The van der Waals surface area contributed by atoms with Crippen molar-refractivity contribution < 1.29 is 9.21 Å². The number of carbonyl (C=O) groups excluding carboxylic acids is 1. The number of aliphatic imine (C=N–C) groups is 1. The van der Waals surface area contributed by atoms with Crippen LogP contribution >= 0.6 is 23.1 Å². The van der Waals surface area contributed by atoms with Gasteiger partial charge < -0.3 is 4.42 Å². The Morgan fingerprint density at radius 1 is 1.32 bits per heavy atom. The van der Waals surface area contributed by atoms with Gasteiger partial charge in [-0.2, -0.15) is 4.99 Å². The van der Waals surface area contributed by atoms with Gasteiger partial charge >= 0.3 is 0 Å². The normalized spacial score (nSPS) is 22.4. The van der Waals surface area contributed by atoms with E-state index in [1.807, 2.05) is 24.0 Å². The molecule has 0 atom stereocenters. The Balaban J connectivity index is 1.68. The van der Waals surface area contributed by atoms with Crippen LogP contribution in [-0.2, 0) is 4.79 Å². The van der Waals surface area contributed by atoms with Crippen molar-refractivity contribution in [3.8, 4) is 0 Å². The molecule has 2 aliphatic rings. The lowest BCUT2D eigenvalue weighted by atomic mass is 9.94. The predicted molar refractivity (Wildman–Crippen MR) is 99.7 cm³/mol. The summed E-state index contributed by atoms with van der Waals surface area (Å²) in [6.45, 7) is 1.90. The van der Waals surface area contributed by atoms with Gasteiger partial charge in [-0.15, -0.1) is 10.2 Å². The van der Waals surface area contributed by atoms with E-state index in [1.165, 1.54) is 29.5 Å². The zero-order valence-electron chi connectivity index (χ0n) is 13.8. The van der Waals surface area contributed by atoms with Crippen molar-refractivity contribution in [2.75, 3.05) is 0 Å². The number of aromatic nitrogens is 2. The number of rotatable bonds is 3. The fourth-order valence-corrected chi connectivity index (χ4v) is 4.78. The zero-order chi connectivity index (χ0) is 17.2. The Bertz CT molecular complexity index is 820.